The minimum Gasteiger partial charge on any atom is -0.467 e. The van der Waals surface area contributed by atoms with Crippen molar-refractivity contribution in [1.29, 1.82) is 0 Å². The Morgan fingerprint density at radius 3 is 1.44 bits per heavy atom. The van der Waals surface area contributed by atoms with E-state index in [4.69, 9.17) is 19.9 Å². The molecule has 1 aliphatic heterocycles. The fraction of sp³-hybridized carbons (Fsp3) is 0.882. The summed E-state index contributed by atoms with van der Waals surface area (Å²) in [4.78, 5) is 49.1. The van der Waals surface area contributed by atoms with Crippen LogP contribution in [-0.2, 0) is 28.5 Å². The molecule has 2 atom stereocenters. The van der Waals surface area contributed by atoms with Crippen LogP contribution >= 0.6 is 31.9 Å². The van der Waals surface area contributed by atoms with E-state index < -0.39 is 47.4 Å². The maximum absolute atomic E-state index is 11.8. The fourth-order valence-electron chi connectivity index (χ4n) is 4.41. The molecule has 0 saturated carbocycles. The van der Waals surface area contributed by atoms with Gasteiger partial charge in [-0.25, -0.2) is 19.2 Å². The number of alkyl carbamates (subject to hydrolysis) is 2. The molecule has 0 bridgehead atoms. The summed E-state index contributed by atoms with van der Waals surface area (Å²) >= 11 is 6.73. The van der Waals surface area contributed by atoms with Gasteiger partial charge in [0.05, 0.1) is 14.2 Å². The standard InChI is InChI=1S/C17H32N2O4.C12H24N2O4.C5H10Br2/c1-17(2,3)23-16(21)18-14(15(20)22-4)10-6-9-13-19-11-7-5-8-12-19;1-12(2,3)18-11(16)14-9(10(15)17-4)7-5-6-8-13;6-4-2-1-3-5-7/h14H,5-13H2,1-4H3,(H,18,21);9H,5-8,13H2,1-4H3,(H,14,16);1-5H2/t14-;9-;/m11./s1. The van der Waals surface area contributed by atoms with Crippen LogP contribution in [-0.4, -0.2) is 103 Å². The number of nitrogens with one attached hydrogen (secondary N) is 2. The van der Waals surface area contributed by atoms with Gasteiger partial charge in [-0.1, -0.05) is 44.7 Å². The van der Waals surface area contributed by atoms with Crippen LogP contribution in [0, 0.1) is 0 Å². The molecule has 4 N–H and O–H groups in total. The number of amides is 2. The molecule has 48 heavy (non-hydrogen) atoms. The van der Waals surface area contributed by atoms with Gasteiger partial charge in [0.25, 0.3) is 0 Å². The zero-order valence-corrected chi connectivity index (χ0v) is 34.1. The topological polar surface area (TPSA) is 159 Å². The van der Waals surface area contributed by atoms with Crippen LogP contribution in [0.2, 0.25) is 0 Å². The van der Waals surface area contributed by atoms with Crippen molar-refractivity contribution in [2.45, 2.75) is 142 Å². The number of piperidine rings is 1. The highest BCUT2D eigenvalue weighted by Gasteiger charge is 2.26. The van der Waals surface area contributed by atoms with Crippen molar-refractivity contribution in [3.8, 4) is 0 Å². The summed E-state index contributed by atoms with van der Waals surface area (Å²) in [5.74, 6) is -0.897. The zero-order valence-electron chi connectivity index (χ0n) is 30.9. The first-order valence-electron chi connectivity index (χ1n) is 17.2. The third kappa shape index (κ3) is 30.4. The van der Waals surface area contributed by atoms with Crippen molar-refractivity contribution in [1.82, 2.24) is 15.5 Å². The molecule has 0 aromatic heterocycles. The van der Waals surface area contributed by atoms with E-state index >= 15 is 0 Å². The highest BCUT2D eigenvalue weighted by Crippen LogP contribution is 2.13. The smallest absolute Gasteiger partial charge is 0.408 e. The van der Waals surface area contributed by atoms with Crippen LogP contribution in [0.5, 0.6) is 0 Å². The third-order valence-corrected chi connectivity index (χ3v) is 7.85. The van der Waals surface area contributed by atoms with Gasteiger partial charge >= 0.3 is 24.1 Å². The second kappa shape index (κ2) is 29.1. The lowest BCUT2D eigenvalue weighted by atomic mass is 10.1. The van der Waals surface area contributed by atoms with E-state index in [-0.39, 0.29) is 0 Å². The van der Waals surface area contributed by atoms with Gasteiger partial charge in [-0.15, -0.1) is 0 Å². The lowest BCUT2D eigenvalue weighted by Gasteiger charge is -2.26. The Hall–Kier alpha value is -1.64. The van der Waals surface area contributed by atoms with Crippen LogP contribution in [0.3, 0.4) is 0 Å². The molecule has 0 spiro atoms. The summed E-state index contributed by atoms with van der Waals surface area (Å²) in [5, 5.41) is 7.43. The van der Waals surface area contributed by atoms with Gasteiger partial charge in [-0.2, -0.15) is 0 Å². The van der Waals surface area contributed by atoms with Crippen LogP contribution in [0.4, 0.5) is 9.59 Å². The second-order valence-corrected chi connectivity index (χ2v) is 15.2. The van der Waals surface area contributed by atoms with Crippen molar-refractivity contribution in [2.24, 2.45) is 5.73 Å². The number of hydrogen-bond donors (Lipinski definition) is 3. The Bertz CT molecular complexity index is 859. The number of likely N-dealkylation sites (tertiary alicyclic amines) is 1. The van der Waals surface area contributed by atoms with E-state index in [9.17, 15) is 19.2 Å². The fourth-order valence-corrected chi connectivity index (χ4v) is 5.20. The summed E-state index contributed by atoms with van der Waals surface area (Å²) in [6.45, 7) is 14.6. The maximum atomic E-state index is 11.8. The highest BCUT2D eigenvalue weighted by molar-refractivity contribution is 9.09. The zero-order chi connectivity index (χ0) is 37.0. The molecule has 1 aliphatic rings. The van der Waals surface area contributed by atoms with Crippen molar-refractivity contribution >= 4 is 56.0 Å². The predicted octanol–water partition coefficient (Wildman–Crippen LogP) is 6.84. The molecule has 0 unspecified atom stereocenters. The van der Waals surface area contributed by atoms with Gasteiger partial charge in [0, 0.05) is 10.7 Å². The number of alkyl halides is 2. The van der Waals surface area contributed by atoms with Gasteiger partial charge < -0.3 is 40.2 Å². The number of halogens is 2. The SMILES string of the molecule is BrCCCCCBr.COC(=O)[C@@H](CCCCN)NC(=O)OC(C)(C)C.COC(=O)[C@@H](CCCCN1CCCCC1)NC(=O)OC(C)(C)C. The molecule has 0 aromatic carbocycles. The van der Waals surface area contributed by atoms with Crippen LogP contribution in [0.15, 0.2) is 0 Å². The molecule has 1 fully saturated rings. The Morgan fingerprint density at radius 2 is 1.08 bits per heavy atom. The Labute approximate surface area is 307 Å². The summed E-state index contributed by atoms with van der Waals surface area (Å²) in [5.41, 5.74) is 4.20. The normalized spacial score (nSPS) is 14.5. The van der Waals surface area contributed by atoms with Gasteiger partial charge in [-0.05, 0) is 132 Å². The molecule has 0 radical (unpaired) electrons. The molecule has 12 nitrogen and oxygen atoms in total. The average molecular weight is 819 g/mol. The first-order chi connectivity index (χ1) is 22.5. The number of carbonyl (C=O) groups excluding carboxylic acids is 4. The molecular formula is C34H66Br2N4O8. The molecular weight excluding hydrogens is 752 g/mol. The number of ether oxygens (including phenoxy) is 4. The maximum Gasteiger partial charge on any atom is 0.408 e. The van der Waals surface area contributed by atoms with E-state index in [1.54, 1.807) is 41.5 Å². The van der Waals surface area contributed by atoms with Gasteiger partial charge in [-0.3, -0.25) is 0 Å². The van der Waals surface area contributed by atoms with E-state index in [0.717, 1.165) is 42.9 Å². The van der Waals surface area contributed by atoms with Crippen molar-refractivity contribution < 1.29 is 38.1 Å². The number of nitrogens with two attached hydrogens (primary N) is 1. The third-order valence-electron chi connectivity index (χ3n) is 6.73. The minimum absolute atomic E-state index is 0.422. The summed E-state index contributed by atoms with van der Waals surface area (Å²) < 4.78 is 19.7. The van der Waals surface area contributed by atoms with Crippen LogP contribution in [0.25, 0.3) is 0 Å². The van der Waals surface area contributed by atoms with Crippen molar-refractivity contribution in [3.05, 3.63) is 0 Å². The molecule has 14 heteroatoms. The number of rotatable bonds is 17. The van der Waals surface area contributed by atoms with E-state index in [0.29, 0.717) is 19.4 Å². The van der Waals surface area contributed by atoms with E-state index in [1.165, 1.54) is 65.8 Å². The number of carbonyl (C=O) groups is 4. The van der Waals surface area contributed by atoms with Gasteiger partial charge in [0.15, 0.2) is 0 Å². The van der Waals surface area contributed by atoms with E-state index in [2.05, 4.69) is 52.1 Å². The largest absolute Gasteiger partial charge is 0.467 e. The predicted molar refractivity (Wildman–Crippen MR) is 199 cm³/mol. The number of unbranched alkanes of at least 4 members (excludes halogenated alkanes) is 4. The van der Waals surface area contributed by atoms with Gasteiger partial charge in [0.1, 0.15) is 23.3 Å². The van der Waals surface area contributed by atoms with Crippen LogP contribution < -0.4 is 16.4 Å². The molecule has 1 rings (SSSR count). The molecule has 284 valence electrons. The summed E-state index contributed by atoms with van der Waals surface area (Å²) in [7, 11) is 2.62. The lowest BCUT2D eigenvalue weighted by Crippen LogP contribution is -2.44. The Morgan fingerprint density at radius 1 is 0.667 bits per heavy atom. The summed E-state index contributed by atoms with van der Waals surface area (Å²) in [6, 6.07) is -1.33. The van der Waals surface area contributed by atoms with Crippen LogP contribution in [0.1, 0.15) is 119 Å². The van der Waals surface area contributed by atoms with Gasteiger partial charge in [0.2, 0.25) is 0 Å². The molecule has 0 aromatic rings. The second-order valence-electron chi connectivity index (χ2n) is 13.6. The van der Waals surface area contributed by atoms with Crippen molar-refractivity contribution in [2.75, 3.05) is 51.1 Å². The first-order valence-corrected chi connectivity index (χ1v) is 19.5. The monoisotopic (exact) mass is 816 g/mol. The average Bonchev–Trinajstić information content (AvgIpc) is 3.01. The lowest BCUT2D eigenvalue weighted by molar-refractivity contribution is -0.144. The summed E-state index contributed by atoms with van der Waals surface area (Å²) in [6.07, 6.45) is 11.1. The number of hydrogen-bond acceptors (Lipinski definition) is 10. The Kier molecular flexibility index (Phi) is 29.4. The minimum atomic E-state index is -0.684. The highest BCUT2D eigenvalue weighted by atomic mass is 79.9. The number of nitrogens with zero attached hydrogens (tertiary/aromatic N) is 1. The van der Waals surface area contributed by atoms with Crippen molar-refractivity contribution in [3.63, 3.8) is 0 Å². The molecule has 0 aliphatic carbocycles. The molecule has 1 heterocycles. The quantitative estimate of drug-likeness (QED) is 0.0615. The number of methoxy groups -OCH3 is 2. The number of esters is 2. The molecule has 2 amide bonds. The first kappa shape index (κ1) is 48.5. The van der Waals surface area contributed by atoms with E-state index in [1.807, 2.05) is 0 Å². The molecule has 1 saturated heterocycles. The Balaban J connectivity index is 0.